The number of pyridine rings is 1. The number of hydrogen-bond donors (Lipinski definition) is 1. The minimum absolute atomic E-state index is 0.0254. The van der Waals surface area contributed by atoms with Crippen LogP contribution < -0.4 is 24.4 Å². The third-order valence-electron chi connectivity index (χ3n) is 5.42. The maximum Gasteiger partial charge on any atom is 0.308 e. The summed E-state index contributed by atoms with van der Waals surface area (Å²) in [5.41, 5.74) is 4.64. The average Bonchev–Trinajstić information content (AvgIpc) is 3.41. The molecule has 0 saturated heterocycles. The lowest BCUT2D eigenvalue weighted by atomic mass is 10.2. The number of hydrogen-bond acceptors (Lipinski definition) is 11. The van der Waals surface area contributed by atoms with Crippen LogP contribution in [0.5, 0.6) is 23.0 Å². The number of carbonyl (C=O) groups is 2. The van der Waals surface area contributed by atoms with E-state index in [2.05, 4.69) is 25.7 Å². The van der Waals surface area contributed by atoms with Crippen molar-refractivity contribution in [2.45, 2.75) is 19.0 Å². The van der Waals surface area contributed by atoms with Gasteiger partial charge in [-0.15, -0.1) is 10.2 Å². The predicted octanol–water partition coefficient (Wildman–Crippen LogP) is 3.91. The maximum atomic E-state index is 12.6. The molecule has 13 heteroatoms. The molecular formula is C28H28N6O6S. The van der Waals surface area contributed by atoms with E-state index in [4.69, 9.17) is 18.9 Å². The van der Waals surface area contributed by atoms with E-state index in [1.54, 1.807) is 24.5 Å². The Balaban J connectivity index is 1.48. The number of rotatable bonds is 12. The number of esters is 1. The Morgan fingerprint density at radius 2 is 1.80 bits per heavy atom. The quantitative estimate of drug-likeness (QED) is 0.0868. The lowest BCUT2D eigenvalue weighted by Crippen LogP contribution is -2.20. The second kappa shape index (κ2) is 13.9. The number of benzene rings is 2. The van der Waals surface area contributed by atoms with Crippen LogP contribution in [0.4, 0.5) is 0 Å². The number of nitrogens with zero attached hydrogens (tertiary/aromatic N) is 5. The van der Waals surface area contributed by atoms with Gasteiger partial charge in [-0.3, -0.25) is 19.1 Å². The molecule has 1 amide bonds. The fourth-order valence-electron chi connectivity index (χ4n) is 3.70. The molecule has 0 radical (unpaired) electrons. The number of nitrogens with one attached hydrogen (secondary N) is 1. The molecule has 12 nitrogen and oxygen atoms in total. The lowest BCUT2D eigenvalue weighted by Gasteiger charge is -2.13. The van der Waals surface area contributed by atoms with Crippen LogP contribution in [0.1, 0.15) is 19.4 Å². The van der Waals surface area contributed by atoms with Gasteiger partial charge >= 0.3 is 5.97 Å². The molecule has 0 saturated carbocycles. The van der Waals surface area contributed by atoms with E-state index >= 15 is 0 Å². The zero-order chi connectivity index (χ0) is 29.2. The van der Waals surface area contributed by atoms with Gasteiger partial charge in [0, 0.05) is 36.1 Å². The van der Waals surface area contributed by atoms with Crippen LogP contribution in [0.25, 0.3) is 17.1 Å². The second-order valence-corrected chi connectivity index (χ2v) is 9.18. The summed E-state index contributed by atoms with van der Waals surface area (Å²) in [4.78, 5) is 28.3. The van der Waals surface area contributed by atoms with Crippen LogP contribution in [0.3, 0.4) is 0 Å². The van der Waals surface area contributed by atoms with Crippen molar-refractivity contribution in [3.8, 4) is 40.1 Å². The highest BCUT2D eigenvalue weighted by Crippen LogP contribution is 2.38. The van der Waals surface area contributed by atoms with E-state index in [1.807, 2.05) is 47.9 Å². The Morgan fingerprint density at radius 3 is 2.41 bits per heavy atom. The predicted molar refractivity (Wildman–Crippen MR) is 153 cm³/mol. The van der Waals surface area contributed by atoms with Crippen molar-refractivity contribution in [3.05, 3.63) is 66.5 Å². The summed E-state index contributed by atoms with van der Waals surface area (Å²) >= 11 is 1.21. The first kappa shape index (κ1) is 29.1. The molecule has 0 spiro atoms. The van der Waals surface area contributed by atoms with Crippen molar-refractivity contribution < 1.29 is 28.5 Å². The minimum atomic E-state index is -0.515. The van der Waals surface area contributed by atoms with Crippen molar-refractivity contribution in [1.29, 1.82) is 0 Å². The molecule has 0 unspecified atom stereocenters. The Kier molecular flexibility index (Phi) is 9.89. The highest BCUT2D eigenvalue weighted by atomic mass is 32.2. The summed E-state index contributed by atoms with van der Waals surface area (Å²) in [6.45, 7) is 3.77. The fraction of sp³-hybridized carbons (Fsp3) is 0.214. The van der Waals surface area contributed by atoms with Gasteiger partial charge in [0.25, 0.3) is 5.91 Å². The molecule has 4 rings (SSSR count). The first-order valence-electron chi connectivity index (χ1n) is 12.4. The van der Waals surface area contributed by atoms with Gasteiger partial charge in [0.15, 0.2) is 22.5 Å². The Bertz CT molecular complexity index is 1500. The molecule has 212 valence electrons. The second-order valence-electron chi connectivity index (χ2n) is 8.24. The summed E-state index contributed by atoms with van der Waals surface area (Å²) < 4.78 is 23.2. The molecule has 0 bridgehead atoms. The summed E-state index contributed by atoms with van der Waals surface area (Å²) in [6, 6.07) is 14.4. The molecule has 0 aliphatic heterocycles. The number of ether oxygens (including phenoxy) is 4. The van der Waals surface area contributed by atoms with Crippen LogP contribution in [0.2, 0.25) is 0 Å². The SMILES string of the molecule is CCOc1ccc(-n2c(SCC(=O)NN=Cc3cc(OC)c(OC(C)=O)c(OC)c3)nnc2-c2cccnc2)cc1. The van der Waals surface area contributed by atoms with E-state index < -0.39 is 5.97 Å². The molecule has 4 aromatic rings. The van der Waals surface area contributed by atoms with Crippen molar-refractivity contribution in [2.24, 2.45) is 5.10 Å². The van der Waals surface area contributed by atoms with E-state index in [-0.39, 0.29) is 28.9 Å². The Morgan fingerprint density at radius 1 is 1.07 bits per heavy atom. The van der Waals surface area contributed by atoms with Gasteiger partial charge in [-0.2, -0.15) is 5.10 Å². The number of carbonyl (C=O) groups excluding carboxylic acids is 2. The van der Waals surface area contributed by atoms with Crippen LogP contribution >= 0.6 is 11.8 Å². The maximum absolute atomic E-state index is 12.6. The number of thioether (sulfide) groups is 1. The van der Waals surface area contributed by atoms with E-state index in [0.29, 0.717) is 23.2 Å². The van der Waals surface area contributed by atoms with Gasteiger partial charge < -0.3 is 18.9 Å². The number of methoxy groups -OCH3 is 2. The van der Waals surface area contributed by atoms with Gasteiger partial charge in [-0.05, 0) is 55.5 Å². The topological polar surface area (TPSA) is 139 Å². The zero-order valence-electron chi connectivity index (χ0n) is 22.9. The molecule has 1 N–H and O–H groups in total. The normalized spacial score (nSPS) is 10.8. The van der Waals surface area contributed by atoms with Crippen LogP contribution in [-0.2, 0) is 9.59 Å². The van der Waals surface area contributed by atoms with Crippen LogP contribution in [0, 0.1) is 0 Å². The van der Waals surface area contributed by atoms with Gasteiger partial charge in [0.05, 0.1) is 32.8 Å². The first-order valence-corrected chi connectivity index (χ1v) is 13.4. The van der Waals surface area contributed by atoms with Crippen molar-refractivity contribution in [1.82, 2.24) is 25.2 Å². The smallest absolute Gasteiger partial charge is 0.308 e. The van der Waals surface area contributed by atoms with Gasteiger partial charge in [-0.1, -0.05) is 11.8 Å². The highest BCUT2D eigenvalue weighted by Gasteiger charge is 2.18. The number of aromatic nitrogens is 4. The van der Waals surface area contributed by atoms with Gasteiger partial charge in [-0.25, -0.2) is 5.43 Å². The molecule has 2 aromatic heterocycles. The third kappa shape index (κ3) is 7.39. The molecule has 0 fully saturated rings. The Hall–Kier alpha value is -4.91. The summed E-state index contributed by atoms with van der Waals surface area (Å²) in [6.07, 6.45) is 4.81. The van der Waals surface area contributed by atoms with E-state index in [9.17, 15) is 9.59 Å². The first-order chi connectivity index (χ1) is 19.9. The molecular weight excluding hydrogens is 548 g/mol. The largest absolute Gasteiger partial charge is 0.494 e. The fourth-order valence-corrected chi connectivity index (χ4v) is 4.44. The number of amides is 1. The average molecular weight is 577 g/mol. The summed E-state index contributed by atoms with van der Waals surface area (Å²) in [5.74, 6) is 1.20. The monoisotopic (exact) mass is 576 g/mol. The Labute approximate surface area is 240 Å². The molecule has 0 aliphatic rings. The van der Waals surface area contributed by atoms with Crippen molar-refractivity contribution >= 4 is 29.9 Å². The molecule has 2 aromatic carbocycles. The van der Waals surface area contributed by atoms with Gasteiger partial charge in [0.2, 0.25) is 5.75 Å². The summed E-state index contributed by atoms with van der Waals surface area (Å²) in [7, 11) is 2.88. The standard InChI is InChI=1S/C28H28N6O6S/c1-5-39-22-10-8-21(9-11-22)34-27(20-7-6-12-29-16-20)32-33-28(34)41-17-25(36)31-30-15-19-13-23(37-3)26(40-18(2)35)24(14-19)38-4/h6-16H,5,17H2,1-4H3,(H,31,36). The third-order valence-corrected chi connectivity index (χ3v) is 6.35. The van der Waals surface area contributed by atoms with Gasteiger partial charge in [0.1, 0.15) is 5.75 Å². The van der Waals surface area contributed by atoms with Crippen LogP contribution in [0.15, 0.2) is 71.2 Å². The molecule has 2 heterocycles. The van der Waals surface area contributed by atoms with E-state index in [0.717, 1.165) is 17.0 Å². The molecule has 0 atom stereocenters. The van der Waals surface area contributed by atoms with Crippen molar-refractivity contribution in [3.63, 3.8) is 0 Å². The van der Waals surface area contributed by atoms with E-state index in [1.165, 1.54) is 39.1 Å². The number of hydrazone groups is 1. The molecule has 41 heavy (non-hydrogen) atoms. The van der Waals surface area contributed by atoms with Crippen molar-refractivity contribution in [2.75, 3.05) is 26.6 Å². The zero-order valence-corrected chi connectivity index (χ0v) is 23.7. The lowest BCUT2D eigenvalue weighted by molar-refractivity contribution is -0.132. The molecule has 0 aliphatic carbocycles. The van der Waals surface area contributed by atoms with Crippen LogP contribution in [-0.4, -0.2) is 64.4 Å². The minimum Gasteiger partial charge on any atom is -0.494 e. The summed E-state index contributed by atoms with van der Waals surface area (Å²) in [5, 5.41) is 13.2. The highest BCUT2D eigenvalue weighted by molar-refractivity contribution is 7.99.